The lowest BCUT2D eigenvalue weighted by atomic mass is 10.3. The van der Waals surface area contributed by atoms with Gasteiger partial charge in [-0.1, -0.05) is 13.8 Å². The summed E-state index contributed by atoms with van der Waals surface area (Å²) in [5.41, 5.74) is 0.697. The molecule has 0 spiro atoms. The lowest BCUT2D eigenvalue weighted by Crippen LogP contribution is -2.20. The predicted molar refractivity (Wildman–Crippen MR) is 72.1 cm³/mol. The summed E-state index contributed by atoms with van der Waals surface area (Å²) in [5.74, 6) is 0.583. The van der Waals surface area contributed by atoms with Gasteiger partial charge in [-0.2, -0.15) is 4.98 Å². The van der Waals surface area contributed by atoms with E-state index in [0.717, 1.165) is 18.2 Å². The molecule has 2 aromatic heterocycles. The first-order valence-corrected chi connectivity index (χ1v) is 6.39. The molecule has 0 aliphatic carbocycles. The van der Waals surface area contributed by atoms with Crippen molar-refractivity contribution in [1.82, 2.24) is 9.55 Å². The maximum absolute atomic E-state index is 11.8. The van der Waals surface area contributed by atoms with Gasteiger partial charge in [-0.05, 0) is 25.0 Å². The number of pyridine rings is 2. The summed E-state index contributed by atoms with van der Waals surface area (Å²) in [5, 5.41) is 0.965. The lowest BCUT2D eigenvalue weighted by molar-refractivity contribution is 0.306. The Morgan fingerprint density at radius 3 is 2.67 bits per heavy atom. The zero-order valence-corrected chi connectivity index (χ0v) is 10.8. The van der Waals surface area contributed by atoms with Gasteiger partial charge in [0.1, 0.15) is 5.65 Å². The van der Waals surface area contributed by atoms with Crippen molar-refractivity contribution in [1.29, 1.82) is 0 Å². The number of fused-ring (bicyclic) bond motifs is 1. The van der Waals surface area contributed by atoms with E-state index < -0.39 is 0 Å². The Kier molecular flexibility index (Phi) is 3.97. The molecule has 0 aromatic carbocycles. The quantitative estimate of drug-likeness (QED) is 0.814. The van der Waals surface area contributed by atoms with Crippen molar-refractivity contribution in [3.05, 3.63) is 34.6 Å². The van der Waals surface area contributed by atoms with Gasteiger partial charge in [0.05, 0.1) is 6.61 Å². The van der Waals surface area contributed by atoms with Crippen LogP contribution in [0.2, 0.25) is 0 Å². The fraction of sp³-hybridized carbons (Fsp3) is 0.429. The highest BCUT2D eigenvalue weighted by Gasteiger charge is 2.05. The van der Waals surface area contributed by atoms with Crippen LogP contribution >= 0.6 is 0 Å². The van der Waals surface area contributed by atoms with E-state index in [1.165, 1.54) is 0 Å². The largest absolute Gasteiger partial charge is 0.478 e. The van der Waals surface area contributed by atoms with E-state index in [9.17, 15) is 4.79 Å². The minimum atomic E-state index is -0.00973. The zero-order chi connectivity index (χ0) is 13.0. The summed E-state index contributed by atoms with van der Waals surface area (Å²) < 4.78 is 7.21. The van der Waals surface area contributed by atoms with Gasteiger partial charge >= 0.3 is 0 Å². The van der Waals surface area contributed by atoms with Gasteiger partial charge < -0.3 is 4.74 Å². The van der Waals surface area contributed by atoms with Crippen molar-refractivity contribution in [2.24, 2.45) is 0 Å². The fourth-order valence-electron chi connectivity index (χ4n) is 1.87. The molecule has 2 aromatic rings. The summed E-state index contributed by atoms with van der Waals surface area (Å²) in [6.07, 6.45) is 1.84. The molecule has 96 valence electrons. The third kappa shape index (κ3) is 2.53. The summed E-state index contributed by atoms with van der Waals surface area (Å²) in [4.78, 5) is 16.3. The average molecular weight is 246 g/mol. The molecule has 2 heterocycles. The van der Waals surface area contributed by atoms with Gasteiger partial charge in [0.25, 0.3) is 5.56 Å². The molecule has 0 amide bonds. The van der Waals surface area contributed by atoms with Crippen LogP contribution in [0.25, 0.3) is 11.0 Å². The van der Waals surface area contributed by atoms with Crippen LogP contribution in [0, 0.1) is 0 Å². The smallest absolute Gasteiger partial charge is 0.252 e. The molecule has 0 aliphatic rings. The minimum Gasteiger partial charge on any atom is -0.478 e. The second-order valence-electron chi connectivity index (χ2n) is 4.23. The molecule has 18 heavy (non-hydrogen) atoms. The van der Waals surface area contributed by atoms with Gasteiger partial charge in [-0.3, -0.25) is 9.36 Å². The zero-order valence-electron chi connectivity index (χ0n) is 10.8. The van der Waals surface area contributed by atoms with Crippen molar-refractivity contribution in [2.75, 3.05) is 6.61 Å². The number of aromatic nitrogens is 2. The molecule has 0 N–H and O–H groups in total. The molecule has 4 nitrogen and oxygen atoms in total. The first kappa shape index (κ1) is 12.6. The van der Waals surface area contributed by atoms with E-state index in [1.807, 2.05) is 26.0 Å². The molecule has 0 bridgehead atoms. The van der Waals surface area contributed by atoms with Crippen LogP contribution in [0.1, 0.15) is 26.7 Å². The van der Waals surface area contributed by atoms with Crippen molar-refractivity contribution in [2.45, 2.75) is 33.2 Å². The Morgan fingerprint density at radius 2 is 1.94 bits per heavy atom. The normalized spacial score (nSPS) is 10.8. The Hall–Kier alpha value is -1.84. The lowest BCUT2D eigenvalue weighted by Gasteiger charge is -2.09. The highest BCUT2D eigenvalue weighted by Crippen LogP contribution is 2.15. The molecule has 0 unspecified atom stereocenters. The summed E-state index contributed by atoms with van der Waals surface area (Å²) in [6, 6.07) is 7.18. The van der Waals surface area contributed by atoms with Crippen LogP contribution < -0.4 is 10.3 Å². The van der Waals surface area contributed by atoms with Crippen molar-refractivity contribution in [3.63, 3.8) is 0 Å². The number of ether oxygens (including phenoxy) is 1. The third-order valence-corrected chi connectivity index (χ3v) is 2.71. The molecule has 0 saturated carbocycles. The molecule has 0 saturated heterocycles. The second kappa shape index (κ2) is 5.67. The maximum Gasteiger partial charge on any atom is 0.252 e. The molecule has 0 radical (unpaired) electrons. The van der Waals surface area contributed by atoms with E-state index in [2.05, 4.69) is 4.98 Å². The predicted octanol–water partition coefficient (Wildman–Crippen LogP) is 2.60. The average Bonchev–Trinajstić information content (AvgIpc) is 2.39. The summed E-state index contributed by atoms with van der Waals surface area (Å²) >= 11 is 0. The SMILES string of the molecule is CCCOc1ccc2ccc(=O)n(CCC)c2n1. The molecule has 0 atom stereocenters. The standard InChI is InChI=1S/C14H18N2O2/c1-3-9-16-13(17)8-6-11-5-7-12(15-14(11)16)18-10-4-2/h5-8H,3-4,9-10H2,1-2H3. The molecule has 0 aliphatic heterocycles. The number of aryl methyl sites for hydroxylation is 1. The van der Waals surface area contributed by atoms with Crippen LogP contribution in [0.3, 0.4) is 0 Å². The van der Waals surface area contributed by atoms with Crippen LogP contribution in [-0.2, 0) is 6.54 Å². The Labute approximate surface area is 106 Å². The van der Waals surface area contributed by atoms with Crippen molar-refractivity contribution in [3.8, 4) is 5.88 Å². The minimum absolute atomic E-state index is 0.00973. The molecular formula is C14H18N2O2. The van der Waals surface area contributed by atoms with Gasteiger partial charge in [0, 0.05) is 24.1 Å². The second-order valence-corrected chi connectivity index (χ2v) is 4.23. The Bertz CT molecular complexity index is 590. The van der Waals surface area contributed by atoms with E-state index >= 15 is 0 Å². The van der Waals surface area contributed by atoms with Crippen LogP contribution in [0.5, 0.6) is 5.88 Å². The molecule has 2 rings (SSSR count). The van der Waals surface area contributed by atoms with E-state index in [-0.39, 0.29) is 5.56 Å². The highest BCUT2D eigenvalue weighted by molar-refractivity contribution is 5.75. The van der Waals surface area contributed by atoms with Gasteiger partial charge in [0.15, 0.2) is 0 Å². The van der Waals surface area contributed by atoms with Crippen molar-refractivity contribution >= 4 is 11.0 Å². The maximum atomic E-state index is 11.8. The number of hydrogen-bond acceptors (Lipinski definition) is 3. The van der Waals surface area contributed by atoms with E-state index in [4.69, 9.17) is 4.74 Å². The molecule has 4 heteroatoms. The number of hydrogen-bond donors (Lipinski definition) is 0. The van der Waals surface area contributed by atoms with E-state index in [0.29, 0.717) is 24.7 Å². The van der Waals surface area contributed by atoms with Gasteiger partial charge in [0.2, 0.25) is 5.88 Å². The van der Waals surface area contributed by atoms with E-state index in [1.54, 1.807) is 16.7 Å². The van der Waals surface area contributed by atoms with Gasteiger partial charge in [-0.25, -0.2) is 0 Å². The Balaban J connectivity index is 2.50. The van der Waals surface area contributed by atoms with Crippen LogP contribution in [0.15, 0.2) is 29.1 Å². The van der Waals surface area contributed by atoms with Crippen LogP contribution in [-0.4, -0.2) is 16.2 Å². The summed E-state index contributed by atoms with van der Waals surface area (Å²) in [6.45, 7) is 5.42. The van der Waals surface area contributed by atoms with Gasteiger partial charge in [-0.15, -0.1) is 0 Å². The third-order valence-electron chi connectivity index (χ3n) is 2.71. The molecular weight excluding hydrogens is 228 g/mol. The van der Waals surface area contributed by atoms with Crippen LogP contribution in [0.4, 0.5) is 0 Å². The highest BCUT2D eigenvalue weighted by atomic mass is 16.5. The summed E-state index contributed by atoms with van der Waals surface area (Å²) in [7, 11) is 0. The molecule has 0 fully saturated rings. The monoisotopic (exact) mass is 246 g/mol. The number of rotatable bonds is 5. The topological polar surface area (TPSA) is 44.1 Å². The first-order chi connectivity index (χ1) is 8.76. The first-order valence-electron chi connectivity index (χ1n) is 6.39. The Morgan fingerprint density at radius 1 is 1.17 bits per heavy atom. The fourth-order valence-corrected chi connectivity index (χ4v) is 1.87. The number of nitrogens with zero attached hydrogens (tertiary/aromatic N) is 2. The van der Waals surface area contributed by atoms with Crippen molar-refractivity contribution < 1.29 is 4.74 Å².